The molecule has 400 valence electrons. The Balaban J connectivity index is 1.02. The zero-order valence-corrected chi connectivity index (χ0v) is 42.4. The number of oxime groups is 2. The molecule has 75 heavy (non-hydrogen) atoms. The van der Waals surface area contributed by atoms with Crippen LogP contribution >= 0.6 is 0 Å². The molecule has 0 unspecified atom stereocenters. The number of methoxy groups -OCH3 is 2. The Labute approximate surface area is 426 Å². The molecule has 0 fully saturated rings. The van der Waals surface area contributed by atoms with E-state index in [0.717, 1.165) is 110 Å². The van der Waals surface area contributed by atoms with Gasteiger partial charge in [0.2, 0.25) is 0 Å². The summed E-state index contributed by atoms with van der Waals surface area (Å²) in [4.78, 5) is -1.96. The molecule has 0 aliphatic heterocycles. The summed E-state index contributed by atoms with van der Waals surface area (Å²) in [7, 11) is -16.8. The second-order valence-electron chi connectivity index (χ2n) is 15.4. The van der Waals surface area contributed by atoms with Crippen LogP contribution in [0.1, 0.15) is 28.7 Å². The lowest BCUT2D eigenvalue weighted by Crippen LogP contribution is -2.25. The molecular weight excluding hydrogens is 1090 g/mol. The van der Waals surface area contributed by atoms with E-state index in [2.05, 4.69) is 18.9 Å². The second kappa shape index (κ2) is 22.9. The minimum atomic E-state index is -5.23. The summed E-state index contributed by atoms with van der Waals surface area (Å²) in [6.07, 6.45) is -10.3. The highest BCUT2D eigenvalue weighted by molar-refractivity contribution is 7.87. The number of rotatable bonds is 22. The van der Waals surface area contributed by atoms with Crippen LogP contribution in [-0.4, -0.2) is 84.9 Å². The minimum Gasteiger partial charge on any atom is -0.493 e. The van der Waals surface area contributed by atoms with Gasteiger partial charge in [-0.2, -0.15) is 60.0 Å². The van der Waals surface area contributed by atoms with Crippen LogP contribution in [0.4, 0.5) is 26.3 Å². The van der Waals surface area contributed by atoms with E-state index in [1.807, 2.05) is 0 Å². The summed E-state index contributed by atoms with van der Waals surface area (Å²) in [5, 5.41) is 5.78. The standard InChI is InChI=1S/C47H40F6N2O16S4/c1-30-6-18-36(19-7-30)72(56,57)68-40-24-22-38(28-42(40)64-3)74(60,61)70-54-44(46(48,49)50)32-10-14-34(15-11-32)66-26-5-27-67-35-16-12-33(13-17-35)45(47(51,52)53)55-71-75(62,63)39-23-25-41(43(29-39)65-4)69-73(58,59)37-20-8-31(2)9-21-37/h6-25,28-29H,5,26-27H2,1-4H3. The first-order valence-electron chi connectivity index (χ1n) is 21.1. The van der Waals surface area contributed by atoms with Crippen molar-refractivity contribution in [1.29, 1.82) is 0 Å². The molecule has 6 aromatic carbocycles. The van der Waals surface area contributed by atoms with Gasteiger partial charge in [-0.15, -0.1) is 0 Å². The van der Waals surface area contributed by atoms with Crippen molar-refractivity contribution in [3.8, 4) is 34.5 Å². The van der Waals surface area contributed by atoms with E-state index >= 15 is 0 Å². The van der Waals surface area contributed by atoms with Gasteiger partial charge in [-0.25, -0.2) is 0 Å². The van der Waals surface area contributed by atoms with Crippen molar-refractivity contribution in [1.82, 2.24) is 0 Å². The van der Waals surface area contributed by atoms with Crippen LogP contribution in [-0.2, 0) is 49.0 Å². The van der Waals surface area contributed by atoms with E-state index < -0.39 is 108 Å². The third kappa shape index (κ3) is 14.8. The Morgan fingerprint density at radius 2 is 0.747 bits per heavy atom. The van der Waals surface area contributed by atoms with Crippen molar-refractivity contribution < 1.29 is 95.9 Å². The average molecular weight is 1130 g/mol. The summed E-state index contributed by atoms with van der Waals surface area (Å²) in [6, 6.07) is 24.3. The highest BCUT2D eigenvalue weighted by atomic mass is 32.2. The topological polar surface area (TPSA) is 235 Å². The van der Waals surface area contributed by atoms with Gasteiger partial charge in [0.1, 0.15) is 31.1 Å². The number of nitrogens with zero attached hydrogens (tertiary/aromatic N) is 2. The third-order valence-corrected chi connectivity index (χ3v) is 14.6. The van der Waals surface area contributed by atoms with Gasteiger partial charge in [-0.3, -0.25) is 8.57 Å². The molecule has 0 aromatic heterocycles. The first-order chi connectivity index (χ1) is 35.1. The quantitative estimate of drug-likeness (QED) is 0.0203. The van der Waals surface area contributed by atoms with Crippen LogP contribution in [0.15, 0.2) is 163 Å². The van der Waals surface area contributed by atoms with Crippen molar-refractivity contribution in [2.24, 2.45) is 10.3 Å². The Hall–Kier alpha value is -7.56. The molecule has 28 heteroatoms. The van der Waals surface area contributed by atoms with Crippen LogP contribution < -0.4 is 27.3 Å². The monoisotopic (exact) mass is 1130 g/mol. The summed E-state index contributed by atoms with van der Waals surface area (Å²) in [5.74, 6) is -1.58. The fourth-order valence-corrected chi connectivity index (χ4v) is 9.51. The molecular formula is C47H40F6N2O16S4. The minimum absolute atomic E-state index is 0.0645. The highest BCUT2D eigenvalue weighted by Crippen LogP contribution is 2.35. The molecule has 0 spiro atoms. The maximum Gasteiger partial charge on any atom is 0.437 e. The fraction of sp³-hybridized carbons (Fsp3) is 0.191. The van der Waals surface area contributed by atoms with Crippen molar-refractivity contribution >= 4 is 51.9 Å². The van der Waals surface area contributed by atoms with Crippen LogP contribution in [0.2, 0.25) is 0 Å². The predicted octanol–water partition coefficient (Wildman–Crippen LogP) is 9.05. The van der Waals surface area contributed by atoms with Crippen LogP contribution in [0, 0.1) is 13.8 Å². The molecule has 0 saturated carbocycles. The Morgan fingerprint density at radius 3 is 1.05 bits per heavy atom. The zero-order chi connectivity index (χ0) is 55.0. The van der Waals surface area contributed by atoms with Crippen molar-refractivity contribution in [2.75, 3.05) is 27.4 Å². The van der Waals surface area contributed by atoms with Crippen LogP contribution in [0.25, 0.3) is 0 Å². The first-order valence-corrected chi connectivity index (χ1v) is 26.8. The maximum absolute atomic E-state index is 14.1. The van der Waals surface area contributed by atoms with Gasteiger partial charge in [0.05, 0.1) is 27.4 Å². The van der Waals surface area contributed by atoms with Gasteiger partial charge in [0.25, 0.3) is 0 Å². The van der Waals surface area contributed by atoms with Crippen LogP contribution in [0.3, 0.4) is 0 Å². The number of hydrogen-bond acceptors (Lipinski definition) is 18. The SMILES string of the molecule is COc1cc(S(=O)(=O)ON=C(c2ccc(OCCCOc3ccc(C(=NOS(=O)(=O)c4ccc(OS(=O)(=O)c5ccc(C)cc5)c(OC)c4)C(F)(F)F)cc3)cc2)C(F)(F)F)ccc1OS(=O)(=O)c1ccc(C)cc1. The number of halogens is 6. The molecule has 0 amide bonds. The largest absolute Gasteiger partial charge is 0.493 e. The van der Waals surface area contributed by atoms with E-state index in [1.165, 1.54) is 48.5 Å². The molecule has 0 radical (unpaired) electrons. The molecule has 0 heterocycles. The molecule has 0 saturated heterocycles. The molecule has 18 nitrogen and oxygen atoms in total. The number of ether oxygens (including phenoxy) is 4. The Bertz CT molecular complexity index is 3290. The number of hydrogen-bond donors (Lipinski definition) is 0. The first kappa shape index (κ1) is 56.7. The Morgan fingerprint density at radius 1 is 0.427 bits per heavy atom. The summed E-state index contributed by atoms with van der Waals surface area (Å²) in [6.45, 7) is 3.31. The summed E-state index contributed by atoms with van der Waals surface area (Å²) < 4.78 is 228. The highest BCUT2D eigenvalue weighted by Gasteiger charge is 2.40. The van der Waals surface area contributed by atoms with Crippen LogP contribution in [0.5, 0.6) is 34.5 Å². The second-order valence-corrected chi connectivity index (χ2v) is 21.5. The number of aryl methyl sites for hydroxylation is 2. The van der Waals surface area contributed by atoms with Crippen molar-refractivity contribution in [3.05, 3.63) is 156 Å². The van der Waals surface area contributed by atoms with E-state index in [-0.39, 0.29) is 40.9 Å². The molecule has 6 aromatic rings. The molecule has 0 aliphatic carbocycles. The van der Waals surface area contributed by atoms with Crippen molar-refractivity contribution in [2.45, 2.75) is 52.2 Å². The normalized spacial score (nSPS) is 12.9. The predicted molar refractivity (Wildman–Crippen MR) is 254 cm³/mol. The smallest absolute Gasteiger partial charge is 0.437 e. The summed E-state index contributed by atoms with van der Waals surface area (Å²) in [5.41, 5.74) is -3.21. The zero-order valence-electron chi connectivity index (χ0n) is 39.2. The molecule has 0 atom stereocenters. The lowest BCUT2D eigenvalue weighted by molar-refractivity contribution is -0.0606. The molecule has 0 bridgehead atoms. The van der Waals surface area contributed by atoms with E-state index in [1.54, 1.807) is 13.8 Å². The number of benzene rings is 6. The van der Waals surface area contributed by atoms with E-state index in [4.69, 9.17) is 27.3 Å². The van der Waals surface area contributed by atoms with Crippen molar-refractivity contribution in [3.63, 3.8) is 0 Å². The maximum atomic E-state index is 14.1. The van der Waals surface area contributed by atoms with Gasteiger partial charge < -0.3 is 27.3 Å². The van der Waals surface area contributed by atoms with E-state index in [0.29, 0.717) is 0 Å². The lowest BCUT2D eigenvalue weighted by Gasteiger charge is -2.13. The summed E-state index contributed by atoms with van der Waals surface area (Å²) >= 11 is 0. The van der Waals surface area contributed by atoms with Gasteiger partial charge in [-0.05, 0) is 111 Å². The fourth-order valence-electron chi connectivity index (χ4n) is 6.14. The van der Waals surface area contributed by atoms with E-state index in [9.17, 15) is 60.0 Å². The number of alkyl halides is 6. The Kier molecular flexibility index (Phi) is 17.3. The molecule has 6 rings (SSSR count). The molecule has 0 aliphatic rings. The average Bonchev–Trinajstić information content (AvgIpc) is 3.34. The van der Waals surface area contributed by atoms with Gasteiger partial charge in [0.15, 0.2) is 34.4 Å². The van der Waals surface area contributed by atoms with Gasteiger partial charge in [-0.1, -0.05) is 45.7 Å². The van der Waals surface area contributed by atoms with Gasteiger partial charge in [0, 0.05) is 29.7 Å². The third-order valence-electron chi connectivity index (χ3n) is 9.94. The lowest BCUT2D eigenvalue weighted by atomic mass is 10.1. The van der Waals surface area contributed by atoms with Gasteiger partial charge >= 0.3 is 52.8 Å². The molecule has 0 N–H and O–H groups in total.